The fourth-order valence-electron chi connectivity index (χ4n) is 11.7. The summed E-state index contributed by atoms with van der Waals surface area (Å²) in [7, 11) is 0. The predicted molar refractivity (Wildman–Crippen MR) is 377 cm³/mol. The van der Waals surface area contributed by atoms with Crippen LogP contribution in [0.1, 0.15) is 318 Å². The Kier molecular flexibility index (Phi) is 33.4. The first-order valence-electron chi connectivity index (χ1n) is 34.5. The highest BCUT2D eigenvalue weighted by molar-refractivity contribution is 7.98. The molecule has 0 unspecified atom stereocenters. The largest absolute Gasteiger partial charge is 0.507 e. The van der Waals surface area contributed by atoms with Crippen molar-refractivity contribution in [2.45, 2.75) is 310 Å². The Morgan fingerprint density at radius 2 is 0.625 bits per heavy atom. The van der Waals surface area contributed by atoms with Crippen molar-refractivity contribution < 1.29 is 39.5 Å². The summed E-state index contributed by atoms with van der Waals surface area (Å²) in [6.07, 6.45) is 29.5. The van der Waals surface area contributed by atoms with Gasteiger partial charge in [-0.2, -0.15) is 23.5 Å². The number of carbonyl (C=O) groups is 2. The van der Waals surface area contributed by atoms with Gasteiger partial charge in [-0.05, 0) is 127 Å². The van der Waals surface area contributed by atoms with E-state index in [4.69, 9.17) is 9.47 Å². The van der Waals surface area contributed by atoms with Crippen molar-refractivity contribution in [2.24, 2.45) is 0 Å². The van der Waals surface area contributed by atoms with Crippen LogP contribution in [-0.2, 0) is 77.9 Å². The number of rotatable bonds is 41. The standard InChI is InChI=1S/C78H122O8S2/c1-15-17-19-21-23-25-27-29-31-35-43-87-55-63-47-57(45-61(71(63)81)49-59-51-65(75(3,4)5)73(83)66(52-59)76(6,7)8)37-39-69(79)85-41-33-34-42-86-70(80)40-38-58-46-62(50-60-53-67(77(9,10)11)74(84)68(54-60)78(12,13)14)72(82)64(48-58)56-88-44-36-32-30-28-26-24-22-20-18-16-2/h45-48,51-54,81-84H,15-44,49-50,55-56H2,1-14H3. The van der Waals surface area contributed by atoms with Gasteiger partial charge in [0.2, 0.25) is 0 Å². The summed E-state index contributed by atoms with van der Waals surface area (Å²) >= 11 is 3.72. The van der Waals surface area contributed by atoms with Gasteiger partial charge >= 0.3 is 11.9 Å². The molecule has 4 aromatic rings. The van der Waals surface area contributed by atoms with E-state index in [0.717, 1.165) is 91.1 Å². The van der Waals surface area contributed by atoms with Gasteiger partial charge in [-0.15, -0.1) is 0 Å². The number of ether oxygens (including phenoxy) is 2. The van der Waals surface area contributed by atoms with Gasteiger partial charge in [0.25, 0.3) is 0 Å². The van der Waals surface area contributed by atoms with Crippen LogP contribution in [0.3, 0.4) is 0 Å². The highest BCUT2D eigenvalue weighted by Crippen LogP contribution is 2.43. The Hall–Kier alpha value is -4.28. The van der Waals surface area contributed by atoms with Crippen LogP contribution >= 0.6 is 23.5 Å². The number of thioether (sulfide) groups is 2. The van der Waals surface area contributed by atoms with Crippen LogP contribution in [0.25, 0.3) is 0 Å². The molecule has 4 N–H and O–H groups in total. The van der Waals surface area contributed by atoms with E-state index >= 15 is 0 Å². The molecule has 0 spiro atoms. The molecule has 0 saturated carbocycles. The fourth-order valence-corrected chi connectivity index (χ4v) is 13.7. The zero-order chi connectivity index (χ0) is 64.9. The SMILES string of the molecule is CCCCCCCCCCCCSCc1cc(CCC(=O)OCCCCOC(=O)CCc2cc(CSCCCCCCCCCCCC)c(O)c(Cc3cc(C(C)(C)C)c(O)c(C(C)(C)C)c3)c2)cc(Cc2cc(C(C)(C)C)c(O)c(C(C)(C)C)c2)c1O. The molecule has 494 valence electrons. The zero-order valence-electron chi connectivity index (χ0n) is 57.9. The molecule has 0 radical (unpaired) electrons. The van der Waals surface area contributed by atoms with Crippen molar-refractivity contribution in [3.63, 3.8) is 0 Å². The van der Waals surface area contributed by atoms with Crippen LogP contribution in [-0.4, -0.2) is 57.1 Å². The summed E-state index contributed by atoms with van der Waals surface area (Å²) < 4.78 is 11.4. The summed E-state index contributed by atoms with van der Waals surface area (Å²) in [5, 5.41) is 46.7. The maximum Gasteiger partial charge on any atom is 0.306 e. The molecule has 8 nitrogen and oxygen atoms in total. The quantitative estimate of drug-likeness (QED) is 0.0251. The molecule has 0 atom stereocenters. The molecule has 0 aliphatic heterocycles. The molecule has 0 bridgehead atoms. The third-order valence-corrected chi connectivity index (χ3v) is 19.3. The van der Waals surface area contributed by atoms with Gasteiger partial charge in [0.05, 0.1) is 13.2 Å². The molecule has 4 aromatic carbocycles. The molecular formula is C78H122O8S2. The number of carbonyl (C=O) groups excluding carboxylic acids is 2. The normalized spacial score (nSPS) is 12.3. The average Bonchev–Trinajstić information content (AvgIpc) is 2.45. The van der Waals surface area contributed by atoms with E-state index in [9.17, 15) is 30.0 Å². The van der Waals surface area contributed by atoms with Crippen molar-refractivity contribution in [1.82, 2.24) is 0 Å². The topological polar surface area (TPSA) is 134 Å². The number of aryl methyl sites for hydroxylation is 2. The van der Waals surface area contributed by atoms with Gasteiger partial charge in [0.1, 0.15) is 23.0 Å². The van der Waals surface area contributed by atoms with Crippen molar-refractivity contribution in [2.75, 3.05) is 24.7 Å². The van der Waals surface area contributed by atoms with Crippen LogP contribution < -0.4 is 0 Å². The Labute approximate surface area is 544 Å². The molecule has 0 amide bonds. The predicted octanol–water partition coefficient (Wildman–Crippen LogP) is 21.6. The summed E-state index contributed by atoms with van der Waals surface area (Å²) in [6, 6.07) is 16.5. The van der Waals surface area contributed by atoms with Crippen LogP contribution in [0.4, 0.5) is 0 Å². The highest BCUT2D eigenvalue weighted by Gasteiger charge is 2.29. The van der Waals surface area contributed by atoms with Crippen LogP contribution in [0.15, 0.2) is 48.5 Å². The number of unbranched alkanes of at least 4 members (excludes halogenated alkanes) is 19. The van der Waals surface area contributed by atoms with E-state index in [-0.39, 0.29) is 59.7 Å². The lowest BCUT2D eigenvalue weighted by molar-refractivity contribution is -0.146. The Balaban J connectivity index is 1.35. The number of benzene rings is 4. The smallest absolute Gasteiger partial charge is 0.306 e. The molecule has 0 heterocycles. The first kappa shape index (κ1) is 76.2. The zero-order valence-corrected chi connectivity index (χ0v) is 59.5. The van der Waals surface area contributed by atoms with E-state index in [0.29, 0.717) is 73.0 Å². The first-order valence-corrected chi connectivity index (χ1v) is 36.8. The van der Waals surface area contributed by atoms with Crippen molar-refractivity contribution >= 4 is 35.5 Å². The second-order valence-corrected chi connectivity index (χ2v) is 31.8. The van der Waals surface area contributed by atoms with E-state index in [1.54, 1.807) is 0 Å². The van der Waals surface area contributed by atoms with Crippen molar-refractivity contribution in [3.05, 3.63) is 115 Å². The molecule has 88 heavy (non-hydrogen) atoms. The summed E-state index contributed by atoms with van der Waals surface area (Å²) in [5.41, 5.74) is 9.85. The van der Waals surface area contributed by atoms with Crippen LogP contribution in [0, 0.1) is 0 Å². The fraction of sp³-hybridized carbons (Fsp3) is 0.667. The first-order chi connectivity index (χ1) is 41.6. The van der Waals surface area contributed by atoms with Gasteiger partial charge in [-0.3, -0.25) is 9.59 Å². The van der Waals surface area contributed by atoms with Crippen LogP contribution in [0.2, 0.25) is 0 Å². The lowest BCUT2D eigenvalue weighted by Crippen LogP contribution is -2.18. The number of esters is 2. The monoisotopic (exact) mass is 1250 g/mol. The van der Waals surface area contributed by atoms with Gasteiger partial charge in [-0.1, -0.05) is 261 Å². The lowest BCUT2D eigenvalue weighted by atomic mass is 9.78. The van der Waals surface area contributed by atoms with Crippen molar-refractivity contribution in [3.8, 4) is 23.0 Å². The van der Waals surface area contributed by atoms with E-state index in [1.807, 2.05) is 35.7 Å². The summed E-state index contributed by atoms with van der Waals surface area (Å²) in [5.74, 6) is 4.15. The molecule has 0 aliphatic carbocycles. The Bertz CT molecular complexity index is 2460. The lowest BCUT2D eigenvalue weighted by Gasteiger charge is -2.28. The molecule has 0 saturated heterocycles. The number of phenols is 4. The van der Waals surface area contributed by atoms with E-state index in [2.05, 4.69) is 133 Å². The maximum absolute atomic E-state index is 13.2. The maximum atomic E-state index is 13.2. The van der Waals surface area contributed by atoms with Gasteiger partial charge < -0.3 is 29.9 Å². The van der Waals surface area contributed by atoms with Gasteiger partial charge in [-0.25, -0.2) is 0 Å². The molecule has 4 rings (SSSR count). The van der Waals surface area contributed by atoms with E-state index in [1.165, 1.54) is 116 Å². The molecule has 10 heteroatoms. The van der Waals surface area contributed by atoms with Crippen LogP contribution in [0.5, 0.6) is 23.0 Å². The number of aromatic hydroxyl groups is 4. The third kappa shape index (κ3) is 27.7. The average molecular weight is 1250 g/mol. The highest BCUT2D eigenvalue weighted by atomic mass is 32.2. The number of hydrogen-bond donors (Lipinski definition) is 4. The minimum atomic E-state index is -0.286. The molecule has 0 fully saturated rings. The van der Waals surface area contributed by atoms with Gasteiger partial charge in [0, 0.05) is 48.3 Å². The molecule has 0 aromatic heterocycles. The molecule has 0 aliphatic rings. The Morgan fingerprint density at radius 3 is 0.909 bits per heavy atom. The van der Waals surface area contributed by atoms with E-state index < -0.39 is 0 Å². The van der Waals surface area contributed by atoms with Crippen molar-refractivity contribution in [1.29, 1.82) is 0 Å². The minimum Gasteiger partial charge on any atom is -0.507 e. The molecular weight excluding hydrogens is 1130 g/mol. The number of phenolic OH excluding ortho intramolecular Hbond substituents is 4. The summed E-state index contributed by atoms with van der Waals surface area (Å²) in [6.45, 7) is 30.4. The Morgan fingerprint density at radius 1 is 0.352 bits per heavy atom. The second kappa shape index (κ2) is 38.5. The minimum absolute atomic E-state index is 0.204. The van der Waals surface area contributed by atoms with Gasteiger partial charge in [0.15, 0.2) is 0 Å². The summed E-state index contributed by atoms with van der Waals surface area (Å²) in [4.78, 5) is 26.5. The second-order valence-electron chi connectivity index (χ2n) is 29.6. The third-order valence-electron chi connectivity index (χ3n) is 17.1. The number of hydrogen-bond acceptors (Lipinski definition) is 10.